The van der Waals surface area contributed by atoms with Crippen molar-refractivity contribution < 1.29 is 9.59 Å². The minimum absolute atomic E-state index is 0.00825. The van der Waals surface area contributed by atoms with Gasteiger partial charge in [-0.1, -0.05) is 49.4 Å². The second-order valence-electron chi connectivity index (χ2n) is 10.4. The Labute approximate surface area is 185 Å². The number of hydrogen-bond donors (Lipinski definition) is 1. The third kappa shape index (κ3) is 4.20. The molecule has 1 atom stereocenters. The lowest BCUT2D eigenvalue weighted by Gasteiger charge is -2.56. The summed E-state index contributed by atoms with van der Waals surface area (Å²) in [5, 5.41) is 3.13. The monoisotopic (exact) mass is 415 g/mol. The predicted octanol–water partition coefficient (Wildman–Crippen LogP) is 6.36. The smallest absolute Gasteiger partial charge is 0.251 e. The van der Waals surface area contributed by atoms with Crippen LogP contribution in [0.1, 0.15) is 90.6 Å². The van der Waals surface area contributed by atoms with E-state index in [1.165, 1.54) is 38.5 Å². The van der Waals surface area contributed by atoms with Gasteiger partial charge in [0.1, 0.15) is 0 Å². The summed E-state index contributed by atoms with van der Waals surface area (Å²) in [5.41, 5.74) is 2.73. The second-order valence-corrected chi connectivity index (χ2v) is 10.4. The lowest BCUT2D eigenvalue weighted by molar-refractivity contribution is -0.0524. The Bertz CT molecular complexity index is 911. The number of Topliss-reactive ketones (excluding diaryl/α,β-unsaturated/α-hetero) is 1. The molecule has 31 heavy (non-hydrogen) atoms. The van der Waals surface area contributed by atoms with Crippen LogP contribution in [0.2, 0.25) is 0 Å². The lowest BCUT2D eigenvalue weighted by Crippen LogP contribution is -2.46. The quantitative estimate of drug-likeness (QED) is 0.535. The molecule has 162 valence electrons. The lowest BCUT2D eigenvalue weighted by atomic mass is 9.48. The van der Waals surface area contributed by atoms with Gasteiger partial charge < -0.3 is 5.32 Å². The number of ketones is 1. The second kappa shape index (κ2) is 8.26. The number of nitrogens with one attached hydrogen (secondary N) is 1. The van der Waals surface area contributed by atoms with Crippen LogP contribution in [0.25, 0.3) is 0 Å². The first-order valence-electron chi connectivity index (χ1n) is 12.0. The zero-order valence-electron chi connectivity index (χ0n) is 18.5. The van der Waals surface area contributed by atoms with Gasteiger partial charge in [0.15, 0.2) is 5.78 Å². The minimum atomic E-state index is -0.0872. The Morgan fingerprint density at radius 3 is 1.97 bits per heavy atom. The highest BCUT2D eigenvalue weighted by molar-refractivity contribution is 5.99. The molecule has 4 aliphatic rings. The van der Waals surface area contributed by atoms with Gasteiger partial charge >= 0.3 is 0 Å². The van der Waals surface area contributed by atoms with E-state index < -0.39 is 0 Å². The Hall–Kier alpha value is -2.42. The number of amides is 1. The molecule has 4 saturated carbocycles. The Balaban J connectivity index is 1.23. The van der Waals surface area contributed by atoms with Crippen molar-refractivity contribution in [3.8, 4) is 0 Å². The molecule has 4 fully saturated rings. The molecular formula is C28H33NO2. The largest absolute Gasteiger partial charge is 0.345 e. The minimum Gasteiger partial charge on any atom is -0.345 e. The van der Waals surface area contributed by atoms with Crippen molar-refractivity contribution in [2.24, 2.45) is 23.2 Å². The van der Waals surface area contributed by atoms with Crippen molar-refractivity contribution in [3.63, 3.8) is 0 Å². The van der Waals surface area contributed by atoms with E-state index in [4.69, 9.17) is 0 Å². The zero-order chi connectivity index (χ0) is 21.4. The molecule has 0 spiro atoms. The van der Waals surface area contributed by atoms with Crippen LogP contribution in [0, 0.1) is 23.2 Å². The molecule has 1 N–H and O–H groups in total. The van der Waals surface area contributed by atoms with Crippen LogP contribution in [0.15, 0.2) is 54.6 Å². The maximum absolute atomic E-state index is 13.1. The zero-order valence-corrected chi connectivity index (χ0v) is 18.5. The molecule has 0 heterocycles. The van der Waals surface area contributed by atoms with E-state index in [-0.39, 0.29) is 23.1 Å². The van der Waals surface area contributed by atoms with Crippen molar-refractivity contribution in [2.75, 3.05) is 0 Å². The summed E-state index contributed by atoms with van der Waals surface area (Å²) in [7, 11) is 0. The van der Waals surface area contributed by atoms with Gasteiger partial charge in [0.2, 0.25) is 0 Å². The first-order chi connectivity index (χ1) is 15.0. The van der Waals surface area contributed by atoms with Crippen LogP contribution in [0.5, 0.6) is 0 Å². The molecule has 0 unspecified atom stereocenters. The average Bonchev–Trinajstić information content (AvgIpc) is 2.76. The van der Waals surface area contributed by atoms with E-state index in [9.17, 15) is 9.59 Å². The van der Waals surface area contributed by atoms with Crippen molar-refractivity contribution in [1.29, 1.82) is 0 Å². The molecule has 0 saturated heterocycles. The molecule has 0 aliphatic heterocycles. The van der Waals surface area contributed by atoms with Gasteiger partial charge in [-0.2, -0.15) is 0 Å². The fraction of sp³-hybridized carbons (Fsp3) is 0.500. The summed E-state index contributed by atoms with van der Waals surface area (Å²) in [6, 6.07) is 17.4. The molecule has 2 aromatic rings. The van der Waals surface area contributed by atoms with Crippen molar-refractivity contribution in [1.82, 2.24) is 5.32 Å². The fourth-order valence-electron chi connectivity index (χ4n) is 7.10. The SMILES string of the molecule is CC[C@H](NC(=O)c1ccc(C(=O)CC23CC4CC(CC(C4)C2)C3)cc1)c1ccccc1. The van der Waals surface area contributed by atoms with Crippen molar-refractivity contribution >= 4 is 11.7 Å². The molecule has 3 heteroatoms. The molecule has 1 amide bonds. The molecule has 0 radical (unpaired) electrons. The Kier molecular flexibility index (Phi) is 5.45. The third-order valence-electron chi connectivity index (χ3n) is 8.09. The van der Waals surface area contributed by atoms with Crippen LogP contribution in [-0.4, -0.2) is 11.7 Å². The number of hydrogen-bond acceptors (Lipinski definition) is 2. The molecular weight excluding hydrogens is 382 g/mol. The van der Waals surface area contributed by atoms with E-state index >= 15 is 0 Å². The van der Waals surface area contributed by atoms with E-state index in [1.807, 2.05) is 42.5 Å². The summed E-state index contributed by atoms with van der Waals surface area (Å²) in [4.78, 5) is 25.9. The van der Waals surface area contributed by atoms with Crippen molar-refractivity contribution in [2.45, 2.75) is 64.3 Å². The first kappa shape index (κ1) is 20.5. The molecule has 2 aromatic carbocycles. The Morgan fingerprint density at radius 2 is 1.42 bits per heavy atom. The predicted molar refractivity (Wildman–Crippen MR) is 123 cm³/mol. The van der Waals surface area contributed by atoms with Gasteiger partial charge in [0, 0.05) is 17.5 Å². The molecule has 4 bridgehead atoms. The van der Waals surface area contributed by atoms with E-state index in [2.05, 4.69) is 12.2 Å². The van der Waals surface area contributed by atoms with E-state index in [0.717, 1.165) is 35.3 Å². The summed E-state index contributed by atoms with van der Waals surface area (Å²) >= 11 is 0. The van der Waals surface area contributed by atoms with E-state index in [0.29, 0.717) is 12.0 Å². The summed E-state index contributed by atoms with van der Waals surface area (Å²) < 4.78 is 0. The molecule has 0 aromatic heterocycles. The fourth-order valence-corrected chi connectivity index (χ4v) is 7.10. The van der Waals surface area contributed by atoms with Crippen LogP contribution in [0.4, 0.5) is 0 Å². The van der Waals surface area contributed by atoms with Gasteiger partial charge in [0.25, 0.3) is 5.91 Å². The molecule has 6 rings (SSSR count). The van der Waals surface area contributed by atoms with Gasteiger partial charge in [0.05, 0.1) is 6.04 Å². The molecule has 4 aliphatic carbocycles. The highest BCUT2D eigenvalue weighted by atomic mass is 16.1. The number of carbonyl (C=O) groups is 2. The highest BCUT2D eigenvalue weighted by Gasteiger charge is 2.51. The van der Waals surface area contributed by atoms with Gasteiger partial charge in [-0.25, -0.2) is 0 Å². The first-order valence-corrected chi connectivity index (χ1v) is 12.0. The number of benzene rings is 2. The highest BCUT2D eigenvalue weighted by Crippen LogP contribution is 2.61. The number of rotatable bonds is 7. The maximum Gasteiger partial charge on any atom is 0.251 e. The third-order valence-corrected chi connectivity index (χ3v) is 8.09. The average molecular weight is 416 g/mol. The van der Waals surface area contributed by atoms with Gasteiger partial charge in [-0.15, -0.1) is 0 Å². The van der Waals surface area contributed by atoms with Crippen LogP contribution >= 0.6 is 0 Å². The van der Waals surface area contributed by atoms with Crippen molar-refractivity contribution in [3.05, 3.63) is 71.3 Å². The summed E-state index contributed by atoms with van der Waals surface area (Å²) in [6.07, 6.45) is 9.48. The van der Waals surface area contributed by atoms with Gasteiger partial charge in [-0.3, -0.25) is 9.59 Å². The van der Waals surface area contributed by atoms with Crippen LogP contribution in [-0.2, 0) is 0 Å². The number of carbonyl (C=O) groups excluding carboxylic acids is 2. The van der Waals surface area contributed by atoms with Crippen LogP contribution < -0.4 is 5.32 Å². The van der Waals surface area contributed by atoms with E-state index in [1.54, 1.807) is 12.1 Å². The standard InChI is InChI=1S/C28H33NO2/c1-2-25(22-6-4-3-5-7-22)29-27(31)24-10-8-23(9-11-24)26(30)18-28-15-19-12-20(16-28)14-21(13-19)17-28/h3-11,19-21,25H,2,12-18H2,1H3,(H,29,31)/t19?,20?,21?,25-,28?/m0/s1. The van der Waals surface area contributed by atoms with Gasteiger partial charge in [-0.05, 0) is 85.8 Å². The molecule has 3 nitrogen and oxygen atoms in total. The van der Waals surface area contributed by atoms with Crippen LogP contribution in [0.3, 0.4) is 0 Å². The topological polar surface area (TPSA) is 46.2 Å². The summed E-state index contributed by atoms with van der Waals surface area (Å²) in [5.74, 6) is 2.75. The normalized spacial score (nSPS) is 29.5. The Morgan fingerprint density at radius 1 is 0.871 bits per heavy atom. The maximum atomic E-state index is 13.1. The summed E-state index contributed by atoms with van der Waals surface area (Å²) in [6.45, 7) is 2.07.